The SMILES string of the molecule is COc1c(=O)n(C2(C(F)F)CC2)cc2c(N[C@H](C)c3cccc(C(F)F)c3F)cccc12. The highest BCUT2D eigenvalue weighted by Crippen LogP contribution is 2.48. The molecule has 1 N–H and O–H groups in total. The zero-order valence-electron chi connectivity index (χ0n) is 17.3. The molecular formula is C23H21F5N2O2. The molecule has 1 aliphatic carbocycles. The first kappa shape index (κ1) is 22.1. The van der Waals surface area contributed by atoms with E-state index in [9.17, 15) is 26.7 Å². The second-order valence-corrected chi connectivity index (χ2v) is 7.93. The van der Waals surface area contributed by atoms with Crippen molar-refractivity contribution in [3.63, 3.8) is 0 Å². The fourth-order valence-electron chi connectivity index (χ4n) is 4.04. The molecule has 0 saturated heterocycles. The lowest BCUT2D eigenvalue weighted by Gasteiger charge is -2.23. The topological polar surface area (TPSA) is 43.3 Å². The van der Waals surface area contributed by atoms with E-state index >= 15 is 0 Å². The van der Waals surface area contributed by atoms with Crippen molar-refractivity contribution >= 4 is 16.5 Å². The number of halogens is 5. The summed E-state index contributed by atoms with van der Waals surface area (Å²) in [6, 6.07) is 7.94. The Labute approximate surface area is 180 Å². The van der Waals surface area contributed by atoms with Gasteiger partial charge in [-0.15, -0.1) is 0 Å². The molecule has 0 aliphatic heterocycles. The number of fused-ring (bicyclic) bond motifs is 1. The van der Waals surface area contributed by atoms with Crippen molar-refractivity contribution in [3.05, 3.63) is 69.9 Å². The standard InChI is InChI=1S/C23H21F5N2O2/c1-12(13-5-3-7-15(18(13)24)20(25)26)29-17-8-4-6-14-16(17)11-30(21(31)19(14)32-2)23(9-10-23)22(27)28/h3-8,11-12,20,22,29H,9-10H2,1-2H3/t12-/m1/s1. The minimum absolute atomic E-state index is 0.0336. The molecule has 170 valence electrons. The van der Waals surface area contributed by atoms with Crippen LogP contribution in [0, 0.1) is 5.82 Å². The Morgan fingerprint density at radius 2 is 1.69 bits per heavy atom. The molecule has 4 nitrogen and oxygen atoms in total. The smallest absolute Gasteiger partial charge is 0.294 e. The predicted molar refractivity (Wildman–Crippen MR) is 111 cm³/mol. The van der Waals surface area contributed by atoms with Gasteiger partial charge in [-0.3, -0.25) is 9.36 Å². The van der Waals surface area contributed by atoms with E-state index < -0.39 is 41.4 Å². The Kier molecular flexibility index (Phi) is 5.60. The number of anilines is 1. The lowest BCUT2D eigenvalue weighted by atomic mass is 10.0. The molecule has 32 heavy (non-hydrogen) atoms. The minimum Gasteiger partial charge on any atom is -0.491 e. The van der Waals surface area contributed by atoms with Crippen LogP contribution in [0.2, 0.25) is 0 Å². The monoisotopic (exact) mass is 452 g/mol. The summed E-state index contributed by atoms with van der Waals surface area (Å²) in [5.74, 6) is -1.08. The number of rotatable bonds is 7. The number of nitrogens with zero attached hydrogens (tertiary/aromatic N) is 1. The maximum atomic E-state index is 14.6. The van der Waals surface area contributed by atoms with Crippen LogP contribution in [-0.4, -0.2) is 18.1 Å². The van der Waals surface area contributed by atoms with Crippen LogP contribution in [0.4, 0.5) is 27.6 Å². The van der Waals surface area contributed by atoms with Crippen LogP contribution in [0.5, 0.6) is 5.75 Å². The number of benzene rings is 2. The van der Waals surface area contributed by atoms with Crippen LogP contribution in [0.15, 0.2) is 47.4 Å². The first-order chi connectivity index (χ1) is 15.2. The predicted octanol–water partition coefficient (Wildman–Crippen LogP) is 6.01. The van der Waals surface area contributed by atoms with E-state index in [0.717, 1.165) is 10.6 Å². The largest absolute Gasteiger partial charge is 0.491 e. The highest BCUT2D eigenvalue weighted by molar-refractivity contribution is 5.97. The number of hydrogen-bond acceptors (Lipinski definition) is 3. The van der Waals surface area contributed by atoms with Gasteiger partial charge in [-0.05, 0) is 25.8 Å². The molecule has 0 unspecified atom stereocenters. The summed E-state index contributed by atoms with van der Waals surface area (Å²) in [4.78, 5) is 12.9. The van der Waals surface area contributed by atoms with E-state index in [0.29, 0.717) is 16.5 Å². The van der Waals surface area contributed by atoms with Crippen LogP contribution in [0.25, 0.3) is 10.8 Å². The molecule has 9 heteroatoms. The Balaban J connectivity index is 1.82. The summed E-state index contributed by atoms with van der Waals surface area (Å²) in [5, 5.41) is 3.89. The van der Waals surface area contributed by atoms with Gasteiger partial charge in [-0.1, -0.05) is 30.3 Å². The van der Waals surface area contributed by atoms with E-state index in [1.54, 1.807) is 25.1 Å². The lowest BCUT2D eigenvalue weighted by molar-refractivity contribution is 0.0650. The van der Waals surface area contributed by atoms with Crippen LogP contribution in [-0.2, 0) is 5.54 Å². The van der Waals surface area contributed by atoms with Gasteiger partial charge in [0.2, 0.25) is 0 Å². The van der Waals surface area contributed by atoms with Gasteiger partial charge in [0.1, 0.15) is 11.4 Å². The maximum absolute atomic E-state index is 14.6. The molecule has 2 aromatic carbocycles. The fraction of sp³-hybridized carbons (Fsp3) is 0.348. The van der Waals surface area contributed by atoms with Gasteiger partial charge in [-0.25, -0.2) is 22.0 Å². The first-order valence-electron chi connectivity index (χ1n) is 10.0. The Bertz CT molecular complexity index is 1220. The third kappa shape index (κ3) is 3.49. The van der Waals surface area contributed by atoms with Crippen molar-refractivity contribution in [2.45, 2.75) is 44.2 Å². The van der Waals surface area contributed by atoms with Gasteiger partial charge in [0.05, 0.1) is 18.7 Å². The summed E-state index contributed by atoms with van der Waals surface area (Å²) in [5.41, 5.74) is -2.47. The Morgan fingerprint density at radius 1 is 1.03 bits per heavy atom. The normalized spacial score (nSPS) is 15.9. The van der Waals surface area contributed by atoms with Crippen LogP contribution in [0.3, 0.4) is 0 Å². The van der Waals surface area contributed by atoms with Crippen LogP contribution in [0.1, 0.15) is 43.4 Å². The second-order valence-electron chi connectivity index (χ2n) is 7.93. The van der Waals surface area contributed by atoms with Crippen molar-refractivity contribution in [1.82, 2.24) is 4.57 Å². The quantitative estimate of drug-likeness (QED) is 0.446. The zero-order chi connectivity index (χ0) is 23.2. The summed E-state index contributed by atoms with van der Waals surface area (Å²) in [7, 11) is 1.29. The highest BCUT2D eigenvalue weighted by Gasteiger charge is 2.54. The van der Waals surface area contributed by atoms with E-state index in [1.165, 1.54) is 25.4 Å². The molecule has 0 bridgehead atoms. The second kappa shape index (κ2) is 8.11. The number of methoxy groups -OCH3 is 1. The average Bonchev–Trinajstić information content (AvgIpc) is 3.55. The molecule has 1 saturated carbocycles. The Morgan fingerprint density at radius 3 is 2.28 bits per heavy atom. The molecule has 1 aliphatic rings. The van der Waals surface area contributed by atoms with E-state index in [-0.39, 0.29) is 24.2 Å². The molecule has 1 heterocycles. The summed E-state index contributed by atoms with van der Waals surface area (Å²) in [6.07, 6.45) is -4.00. The number of alkyl halides is 4. The van der Waals surface area contributed by atoms with Crippen molar-refractivity contribution in [2.24, 2.45) is 0 Å². The summed E-state index contributed by atoms with van der Waals surface area (Å²) < 4.78 is 74.5. The number of nitrogens with one attached hydrogen (secondary N) is 1. The molecule has 0 spiro atoms. The molecule has 3 aromatic rings. The molecule has 1 aromatic heterocycles. The number of ether oxygens (including phenoxy) is 1. The summed E-state index contributed by atoms with van der Waals surface area (Å²) >= 11 is 0. The van der Waals surface area contributed by atoms with Crippen molar-refractivity contribution in [3.8, 4) is 5.75 Å². The fourth-order valence-corrected chi connectivity index (χ4v) is 4.04. The van der Waals surface area contributed by atoms with Crippen molar-refractivity contribution in [2.75, 3.05) is 12.4 Å². The molecule has 1 atom stereocenters. The van der Waals surface area contributed by atoms with E-state index in [4.69, 9.17) is 4.74 Å². The highest BCUT2D eigenvalue weighted by atomic mass is 19.3. The Hall–Kier alpha value is -3.10. The number of aromatic nitrogens is 1. The van der Waals surface area contributed by atoms with Gasteiger partial charge < -0.3 is 10.1 Å². The lowest BCUT2D eigenvalue weighted by Crippen LogP contribution is -2.35. The van der Waals surface area contributed by atoms with Gasteiger partial charge in [-0.2, -0.15) is 0 Å². The average molecular weight is 452 g/mol. The van der Waals surface area contributed by atoms with Gasteiger partial charge >= 0.3 is 0 Å². The molecule has 0 amide bonds. The maximum Gasteiger partial charge on any atom is 0.294 e. The number of pyridine rings is 1. The van der Waals surface area contributed by atoms with Crippen LogP contribution >= 0.6 is 0 Å². The minimum atomic E-state index is -2.96. The van der Waals surface area contributed by atoms with Crippen LogP contribution < -0.4 is 15.6 Å². The van der Waals surface area contributed by atoms with E-state index in [2.05, 4.69) is 5.32 Å². The molecule has 4 rings (SSSR count). The molecular weight excluding hydrogens is 431 g/mol. The van der Waals surface area contributed by atoms with Gasteiger partial charge in [0.25, 0.3) is 18.4 Å². The number of hydrogen-bond donors (Lipinski definition) is 1. The third-order valence-corrected chi connectivity index (χ3v) is 6.01. The zero-order valence-corrected chi connectivity index (χ0v) is 17.3. The van der Waals surface area contributed by atoms with Crippen molar-refractivity contribution < 1.29 is 26.7 Å². The summed E-state index contributed by atoms with van der Waals surface area (Å²) in [6.45, 7) is 1.60. The van der Waals surface area contributed by atoms with Crippen molar-refractivity contribution in [1.29, 1.82) is 0 Å². The molecule has 1 fully saturated rings. The van der Waals surface area contributed by atoms with Gasteiger partial charge in [0, 0.05) is 28.2 Å². The third-order valence-electron chi connectivity index (χ3n) is 6.01. The van der Waals surface area contributed by atoms with E-state index in [1.807, 2.05) is 0 Å². The first-order valence-corrected chi connectivity index (χ1v) is 10.0. The molecule has 0 radical (unpaired) electrons. The van der Waals surface area contributed by atoms with Gasteiger partial charge in [0.15, 0.2) is 5.75 Å².